The van der Waals surface area contributed by atoms with Crippen LogP contribution in [0.5, 0.6) is 5.75 Å². The molecule has 0 radical (unpaired) electrons. The van der Waals surface area contributed by atoms with Crippen molar-refractivity contribution in [1.29, 1.82) is 0 Å². The zero-order valence-electron chi connectivity index (χ0n) is 14.5. The first kappa shape index (κ1) is 21.1. The molecule has 12 heteroatoms. The first-order chi connectivity index (χ1) is 11.8. The van der Waals surface area contributed by atoms with Crippen LogP contribution in [0.4, 0.5) is 24.2 Å². The van der Waals surface area contributed by atoms with E-state index in [0.717, 1.165) is 0 Å². The van der Waals surface area contributed by atoms with E-state index >= 15 is 0 Å². The number of ether oxygens (including phenoxy) is 2. The Bertz CT molecular complexity index is 784. The number of aromatic carboxylic acids is 1. The van der Waals surface area contributed by atoms with Gasteiger partial charge in [-0.1, -0.05) is 19.4 Å². The van der Waals surface area contributed by atoms with Crippen molar-refractivity contribution in [2.24, 2.45) is 0 Å². The van der Waals surface area contributed by atoms with E-state index in [4.69, 9.17) is 14.6 Å². The van der Waals surface area contributed by atoms with Gasteiger partial charge in [-0.25, -0.2) is 9.59 Å². The molecule has 1 aliphatic heterocycles. The van der Waals surface area contributed by atoms with Gasteiger partial charge >= 0.3 is 22.3 Å². The molecule has 0 aliphatic carbocycles. The molecule has 2 rings (SSSR count). The van der Waals surface area contributed by atoms with Crippen molar-refractivity contribution in [3.05, 3.63) is 23.8 Å². The highest BCUT2D eigenvalue weighted by atomic mass is 32.5. The Kier molecular flexibility index (Phi) is 4.39. The number of benzene rings is 1. The van der Waals surface area contributed by atoms with Crippen LogP contribution in [0.2, 0.25) is 0 Å². The van der Waals surface area contributed by atoms with Crippen molar-refractivity contribution in [3.63, 3.8) is 0 Å². The molecule has 1 aromatic carbocycles. The van der Waals surface area contributed by atoms with E-state index in [9.17, 15) is 29.0 Å². The minimum Gasteiger partial charge on any atom is -0.487 e. The van der Waals surface area contributed by atoms with Gasteiger partial charge in [0.15, 0.2) is 0 Å². The van der Waals surface area contributed by atoms with Crippen LogP contribution in [0.1, 0.15) is 31.1 Å². The minimum absolute atomic E-state index is 0.0437. The molecule has 154 valence electrons. The van der Waals surface area contributed by atoms with E-state index in [1.807, 2.05) is 0 Å². The highest BCUT2D eigenvalue weighted by Crippen LogP contribution is 3.02. The Hall–Kier alpha value is -2.24. The molecule has 1 fully saturated rings. The molecule has 0 aromatic heterocycles. The Balaban J connectivity index is 2.16. The van der Waals surface area contributed by atoms with Crippen LogP contribution in [0, 0.1) is 0 Å². The van der Waals surface area contributed by atoms with Gasteiger partial charge in [0, 0.05) is 6.07 Å². The third kappa shape index (κ3) is 5.62. The fraction of sp³-hybridized carbons (Fsp3) is 0.467. The third-order valence-corrected chi connectivity index (χ3v) is 4.50. The lowest BCUT2D eigenvalue weighted by molar-refractivity contribution is -0.0222. The molecule has 27 heavy (non-hydrogen) atoms. The fourth-order valence-corrected chi connectivity index (χ4v) is 2.86. The van der Waals surface area contributed by atoms with Crippen LogP contribution in [0.3, 0.4) is 0 Å². The molecule has 1 aliphatic rings. The summed E-state index contributed by atoms with van der Waals surface area (Å²) in [6.07, 6.45) is -1.44. The molecule has 0 spiro atoms. The molecule has 0 unspecified atom stereocenters. The van der Waals surface area contributed by atoms with E-state index in [1.54, 1.807) is 20.8 Å². The van der Waals surface area contributed by atoms with Crippen LogP contribution in [0.25, 0.3) is 0 Å². The lowest BCUT2D eigenvalue weighted by Gasteiger charge is -2.41. The maximum Gasteiger partial charge on any atom is 0.410 e. The average Bonchev–Trinajstić information content (AvgIpc) is 2.37. The Morgan fingerprint density at radius 2 is 1.67 bits per heavy atom. The third-order valence-electron chi connectivity index (χ3n) is 3.37. The van der Waals surface area contributed by atoms with E-state index < -0.39 is 50.2 Å². The summed E-state index contributed by atoms with van der Waals surface area (Å²) in [5.74, 6) is -2.49. The number of carboxylic acids is 1. The Labute approximate surface area is 151 Å². The molecule has 0 bridgehead atoms. The molecule has 6 nitrogen and oxygen atoms in total. The van der Waals surface area contributed by atoms with Gasteiger partial charge < -0.3 is 19.5 Å². The number of carboxylic acid groups (broad SMARTS) is 1. The number of nitrogens with zero attached hydrogens (tertiary/aromatic N) is 1. The van der Waals surface area contributed by atoms with E-state index in [0.29, 0.717) is 6.07 Å². The smallest absolute Gasteiger partial charge is 0.410 e. The van der Waals surface area contributed by atoms with Gasteiger partial charge in [0.1, 0.15) is 22.4 Å². The molecule has 1 amide bonds. The predicted octanol–water partition coefficient (Wildman–Crippen LogP) is 5.04. The molecule has 1 aromatic rings. The van der Waals surface area contributed by atoms with Gasteiger partial charge in [-0.3, -0.25) is 0 Å². The van der Waals surface area contributed by atoms with Crippen molar-refractivity contribution < 1.29 is 43.6 Å². The van der Waals surface area contributed by atoms with Crippen molar-refractivity contribution in [2.75, 3.05) is 13.1 Å². The van der Waals surface area contributed by atoms with Crippen LogP contribution < -0.4 is 4.74 Å². The average molecular weight is 419 g/mol. The first-order valence-corrected chi connectivity index (χ1v) is 9.56. The lowest BCUT2D eigenvalue weighted by atomic mass is 10.1. The Morgan fingerprint density at radius 1 is 1.11 bits per heavy atom. The summed E-state index contributed by atoms with van der Waals surface area (Å²) < 4.78 is 75.3. The summed E-state index contributed by atoms with van der Waals surface area (Å²) in [5, 5.41) is 8.87. The van der Waals surface area contributed by atoms with Crippen LogP contribution in [-0.2, 0) is 4.74 Å². The van der Waals surface area contributed by atoms with Gasteiger partial charge in [-0.15, -0.1) is 0 Å². The molecule has 1 N–H and O–H groups in total. The summed E-state index contributed by atoms with van der Waals surface area (Å²) in [4.78, 5) is 21.6. The van der Waals surface area contributed by atoms with Gasteiger partial charge in [-0.05, 0) is 32.9 Å². The maximum atomic E-state index is 13.0. The molecular formula is C15H18F5NO5S. The number of halogens is 5. The van der Waals surface area contributed by atoms with Crippen molar-refractivity contribution in [1.82, 2.24) is 4.90 Å². The topological polar surface area (TPSA) is 76.1 Å². The zero-order valence-corrected chi connectivity index (χ0v) is 15.4. The molecule has 0 atom stereocenters. The summed E-state index contributed by atoms with van der Waals surface area (Å²) in [7, 11) is -10.1. The second kappa shape index (κ2) is 5.63. The van der Waals surface area contributed by atoms with Crippen LogP contribution in [0.15, 0.2) is 23.1 Å². The maximum absolute atomic E-state index is 13.0. The summed E-state index contributed by atoms with van der Waals surface area (Å²) in [6, 6.07) is 0.639. The normalized spacial score (nSPS) is 18.1. The Morgan fingerprint density at radius 3 is 2.11 bits per heavy atom. The molecule has 1 heterocycles. The minimum atomic E-state index is -10.1. The number of hydrogen-bond donors (Lipinski definition) is 1. The quantitative estimate of drug-likeness (QED) is 0.692. The summed E-state index contributed by atoms with van der Waals surface area (Å²) >= 11 is 0. The second-order valence-electron chi connectivity index (χ2n) is 7.09. The first-order valence-electron chi connectivity index (χ1n) is 7.61. The lowest BCUT2D eigenvalue weighted by Crippen LogP contribution is -2.57. The fourth-order valence-electron chi connectivity index (χ4n) is 2.17. The predicted molar refractivity (Wildman–Crippen MR) is 87.0 cm³/mol. The van der Waals surface area contributed by atoms with Crippen molar-refractivity contribution in [3.8, 4) is 5.75 Å². The highest BCUT2D eigenvalue weighted by molar-refractivity contribution is 8.45. The molecular weight excluding hydrogens is 401 g/mol. The SMILES string of the molecule is CC(C)(C)OC(=O)N1CC(Oc2cc(C(=O)O)cc(S(F)(F)(F)(F)F)c2)C1. The summed E-state index contributed by atoms with van der Waals surface area (Å²) in [6.45, 7) is 4.86. The van der Waals surface area contributed by atoms with Gasteiger partial charge in [0.2, 0.25) is 0 Å². The van der Waals surface area contributed by atoms with E-state index in [2.05, 4.69) is 0 Å². The number of carbonyl (C=O) groups is 2. The largest absolute Gasteiger partial charge is 0.487 e. The van der Waals surface area contributed by atoms with Crippen LogP contribution in [-0.4, -0.2) is 46.9 Å². The molecule has 0 saturated carbocycles. The number of likely N-dealkylation sites (tertiary alicyclic amines) is 1. The summed E-state index contributed by atoms with van der Waals surface area (Å²) in [5.41, 5.74) is -1.73. The van der Waals surface area contributed by atoms with Crippen molar-refractivity contribution >= 4 is 22.3 Å². The number of rotatable bonds is 4. The standard InChI is InChI=1S/C15H18F5NO5S/c1-15(2,3)26-14(24)21-7-11(8-21)25-10-4-9(13(22)23)5-12(6-10)27(16,17,18,19)20/h4-6,11H,7-8H2,1-3H3,(H,22,23). The van der Waals surface area contributed by atoms with E-state index in [-0.39, 0.29) is 25.2 Å². The highest BCUT2D eigenvalue weighted by Gasteiger charge is 2.65. The monoisotopic (exact) mass is 419 g/mol. The van der Waals surface area contributed by atoms with E-state index in [1.165, 1.54) is 4.90 Å². The van der Waals surface area contributed by atoms with Gasteiger partial charge in [-0.2, -0.15) is 0 Å². The second-order valence-corrected chi connectivity index (χ2v) is 9.50. The van der Waals surface area contributed by atoms with Crippen molar-refractivity contribution in [2.45, 2.75) is 37.4 Å². The zero-order chi connectivity index (χ0) is 20.9. The number of carbonyl (C=O) groups excluding carboxylic acids is 1. The van der Waals surface area contributed by atoms with Crippen LogP contribution >= 0.6 is 10.2 Å². The van der Waals surface area contributed by atoms with Gasteiger partial charge in [0.05, 0.1) is 18.7 Å². The van der Waals surface area contributed by atoms with Gasteiger partial charge in [0.25, 0.3) is 0 Å². The number of hydrogen-bond acceptors (Lipinski definition) is 4. The number of amides is 1. The molecule has 1 saturated heterocycles.